The van der Waals surface area contributed by atoms with Gasteiger partial charge in [0.05, 0.1) is 0 Å². The van der Waals surface area contributed by atoms with Gasteiger partial charge in [0.15, 0.2) is 0 Å². The Kier molecular flexibility index (Phi) is 8.12. The van der Waals surface area contributed by atoms with Crippen LogP contribution < -0.4 is 5.32 Å². The lowest BCUT2D eigenvalue weighted by Crippen LogP contribution is -2.26. The minimum atomic E-state index is 0.968. The largest absolute Gasteiger partial charge is 0.316 e. The van der Waals surface area contributed by atoms with Gasteiger partial charge in [-0.2, -0.15) is 23.5 Å². The van der Waals surface area contributed by atoms with Crippen LogP contribution >= 0.6 is 23.5 Å². The number of rotatable bonds is 7. The Labute approximate surface area is 97.2 Å². The molecule has 84 valence electrons. The molecule has 0 bridgehead atoms. The molecule has 0 atom stereocenters. The van der Waals surface area contributed by atoms with Crippen LogP contribution in [-0.4, -0.2) is 36.1 Å². The van der Waals surface area contributed by atoms with Crippen LogP contribution in [0.5, 0.6) is 0 Å². The van der Waals surface area contributed by atoms with Gasteiger partial charge in [-0.05, 0) is 61.3 Å². The summed E-state index contributed by atoms with van der Waals surface area (Å²) in [6, 6.07) is 0. The third kappa shape index (κ3) is 6.20. The normalized spacial score (nSPS) is 18.6. The topological polar surface area (TPSA) is 12.0 Å². The fourth-order valence-electron chi connectivity index (χ4n) is 1.70. The molecule has 1 aliphatic heterocycles. The minimum absolute atomic E-state index is 0.968. The first-order valence-electron chi connectivity index (χ1n) is 5.79. The zero-order valence-electron chi connectivity index (χ0n) is 9.26. The van der Waals surface area contributed by atoms with Crippen LogP contribution in [-0.2, 0) is 0 Å². The van der Waals surface area contributed by atoms with Crippen molar-refractivity contribution in [3.05, 3.63) is 0 Å². The van der Waals surface area contributed by atoms with Crippen LogP contribution in [0.15, 0.2) is 0 Å². The van der Waals surface area contributed by atoms with E-state index >= 15 is 0 Å². The quantitative estimate of drug-likeness (QED) is 0.679. The highest BCUT2D eigenvalue weighted by atomic mass is 32.2. The first kappa shape index (κ1) is 12.7. The maximum atomic E-state index is 3.59. The van der Waals surface area contributed by atoms with Crippen molar-refractivity contribution in [2.75, 3.05) is 36.1 Å². The van der Waals surface area contributed by atoms with E-state index in [1.807, 2.05) is 0 Å². The molecular weight excluding hydrogens is 210 g/mol. The van der Waals surface area contributed by atoms with Gasteiger partial charge in [-0.3, -0.25) is 0 Å². The second-order valence-electron chi connectivity index (χ2n) is 3.81. The summed E-state index contributed by atoms with van der Waals surface area (Å²) in [4.78, 5) is 0. The van der Waals surface area contributed by atoms with Gasteiger partial charge in [0.2, 0.25) is 0 Å². The van der Waals surface area contributed by atoms with Gasteiger partial charge in [-0.25, -0.2) is 0 Å². The van der Waals surface area contributed by atoms with Gasteiger partial charge < -0.3 is 5.32 Å². The molecule has 0 aromatic carbocycles. The monoisotopic (exact) mass is 233 g/mol. The van der Waals surface area contributed by atoms with Crippen molar-refractivity contribution in [3.63, 3.8) is 0 Å². The second kappa shape index (κ2) is 8.93. The Bertz CT molecular complexity index is 124. The predicted octanol–water partition coefficient (Wildman–Crippen LogP) is 2.86. The molecule has 1 nitrogen and oxygen atoms in total. The van der Waals surface area contributed by atoms with E-state index in [2.05, 4.69) is 35.8 Å². The van der Waals surface area contributed by atoms with E-state index in [4.69, 9.17) is 0 Å². The lowest BCUT2D eigenvalue weighted by atomic mass is 10.0. The molecule has 3 heteroatoms. The molecule has 0 spiro atoms. The van der Waals surface area contributed by atoms with E-state index in [0.29, 0.717) is 0 Å². The predicted molar refractivity (Wildman–Crippen MR) is 70.5 cm³/mol. The van der Waals surface area contributed by atoms with E-state index in [0.717, 1.165) is 5.92 Å². The average molecular weight is 233 g/mol. The smallest absolute Gasteiger partial charge is 0.00199 e. The molecular formula is C11H23NS2. The molecule has 1 N–H and O–H groups in total. The standard InChI is InChI=1S/C11H23NS2/c1-2-13-7-3-6-12-10-11-4-8-14-9-5-11/h11-12H,2-10H2,1H3. The summed E-state index contributed by atoms with van der Waals surface area (Å²) in [6.45, 7) is 4.71. The SMILES string of the molecule is CCSCCCNCC1CCSCC1. The highest BCUT2D eigenvalue weighted by Gasteiger charge is 2.12. The van der Waals surface area contributed by atoms with Crippen LogP contribution in [0.25, 0.3) is 0 Å². The highest BCUT2D eigenvalue weighted by molar-refractivity contribution is 7.99. The average Bonchev–Trinajstić information content (AvgIpc) is 2.25. The maximum Gasteiger partial charge on any atom is -0.00199 e. The summed E-state index contributed by atoms with van der Waals surface area (Å²) in [7, 11) is 0. The van der Waals surface area contributed by atoms with Gasteiger partial charge in [0, 0.05) is 0 Å². The van der Waals surface area contributed by atoms with E-state index < -0.39 is 0 Å². The molecule has 0 aromatic rings. The van der Waals surface area contributed by atoms with Crippen LogP contribution in [0.1, 0.15) is 26.2 Å². The zero-order valence-corrected chi connectivity index (χ0v) is 10.9. The molecule has 0 amide bonds. The molecule has 0 aliphatic carbocycles. The molecule has 0 unspecified atom stereocenters. The van der Waals surface area contributed by atoms with Crippen molar-refractivity contribution in [2.45, 2.75) is 26.2 Å². The lowest BCUT2D eigenvalue weighted by molar-refractivity contribution is 0.449. The summed E-state index contributed by atoms with van der Waals surface area (Å²) < 4.78 is 0. The van der Waals surface area contributed by atoms with Crippen molar-refractivity contribution in [1.82, 2.24) is 5.32 Å². The third-order valence-electron chi connectivity index (χ3n) is 2.62. The number of nitrogens with one attached hydrogen (secondary N) is 1. The van der Waals surface area contributed by atoms with Gasteiger partial charge in [0.25, 0.3) is 0 Å². The first-order chi connectivity index (χ1) is 6.93. The number of thioether (sulfide) groups is 2. The molecule has 1 saturated heterocycles. The fraction of sp³-hybridized carbons (Fsp3) is 1.00. The minimum Gasteiger partial charge on any atom is -0.316 e. The Morgan fingerprint density at radius 1 is 1.36 bits per heavy atom. The molecule has 1 rings (SSSR count). The van der Waals surface area contributed by atoms with Gasteiger partial charge >= 0.3 is 0 Å². The zero-order chi connectivity index (χ0) is 10.1. The van der Waals surface area contributed by atoms with Gasteiger partial charge in [-0.1, -0.05) is 6.92 Å². The van der Waals surface area contributed by atoms with Crippen molar-refractivity contribution in [3.8, 4) is 0 Å². The molecule has 1 fully saturated rings. The summed E-state index contributed by atoms with van der Waals surface area (Å²) in [5, 5.41) is 3.59. The van der Waals surface area contributed by atoms with Crippen LogP contribution in [0.3, 0.4) is 0 Å². The molecule has 0 aromatic heterocycles. The third-order valence-corrected chi connectivity index (χ3v) is 4.65. The van der Waals surface area contributed by atoms with E-state index in [1.54, 1.807) is 0 Å². The van der Waals surface area contributed by atoms with Gasteiger partial charge in [-0.15, -0.1) is 0 Å². The molecule has 14 heavy (non-hydrogen) atoms. The summed E-state index contributed by atoms with van der Waals surface area (Å²) >= 11 is 4.17. The van der Waals surface area contributed by atoms with Crippen molar-refractivity contribution in [1.29, 1.82) is 0 Å². The Morgan fingerprint density at radius 2 is 2.14 bits per heavy atom. The van der Waals surface area contributed by atoms with E-state index in [-0.39, 0.29) is 0 Å². The summed E-state index contributed by atoms with van der Waals surface area (Å²) in [5.74, 6) is 6.33. The maximum absolute atomic E-state index is 3.59. The Hall–Kier alpha value is 0.660. The number of hydrogen-bond acceptors (Lipinski definition) is 3. The van der Waals surface area contributed by atoms with Crippen LogP contribution in [0.2, 0.25) is 0 Å². The van der Waals surface area contributed by atoms with Gasteiger partial charge in [0.1, 0.15) is 0 Å². The highest BCUT2D eigenvalue weighted by Crippen LogP contribution is 2.21. The Morgan fingerprint density at radius 3 is 2.86 bits per heavy atom. The van der Waals surface area contributed by atoms with Crippen molar-refractivity contribution < 1.29 is 0 Å². The summed E-state index contributed by atoms with van der Waals surface area (Å²) in [5.41, 5.74) is 0. The lowest BCUT2D eigenvalue weighted by Gasteiger charge is -2.21. The van der Waals surface area contributed by atoms with Crippen molar-refractivity contribution in [2.24, 2.45) is 5.92 Å². The van der Waals surface area contributed by atoms with E-state index in [9.17, 15) is 0 Å². The van der Waals surface area contributed by atoms with Crippen molar-refractivity contribution >= 4 is 23.5 Å². The van der Waals surface area contributed by atoms with Crippen LogP contribution in [0, 0.1) is 5.92 Å². The molecule has 1 aliphatic rings. The fourth-order valence-corrected chi connectivity index (χ4v) is 3.54. The number of hydrogen-bond donors (Lipinski definition) is 1. The second-order valence-corrected chi connectivity index (χ2v) is 6.43. The molecule has 0 saturated carbocycles. The van der Waals surface area contributed by atoms with Crippen LogP contribution in [0.4, 0.5) is 0 Å². The molecule has 1 heterocycles. The first-order valence-corrected chi connectivity index (χ1v) is 8.10. The summed E-state index contributed by atoms with van der Waals surface area (Å²) in [6.07, 6.45) is 4.20. The van der Waals surface area contributed by atoms with E-state index in [1.165, 1.54) is 55.4 Å². The molecule has 0 radical (unpaired) electrons. The Balaban J connectivity index is 1.82.